The van der Waals surface area contributed by atoms with Gasteiger partial charge in [0.05, 0.1) is 7.11 Å². The maximum atomic E-state index is 13.3. The van der Waals surface area contributed by atoms with Gasteiger partial charge in [-0.05, 0) is 36.6 Å². The summed E-state index contributed by atoms with van der Waals surface area (Å²) in [5.74, 6) is -0.494. The van der Waals surface area contributed by atoms with Crippen LogP contribution < -0.4 is 0 Å². The topological polar surface area (TPSA) is 62.4 Å². The lowest BCUT2D eigenvalue weighted by Crippen LogP contribution is -2.34. The highest BCUT2D eigenvalue weighted by molar-refractivity contribution is 5.93. The van der Waals surface area contributed by atoms with Gasteiger partial charge < -0.3 is 14.6 Å². The minimum atomic E-state index is -0.288. The fraction of sp³-hybridized carbons (Fsp3) is 0.368. The number of carbonyl (C=O) groups excluding carboxylic acids is 2. The van der Waals surface area contributed by atoms with Crippen molar-refractivity contribution in [2.75, 3.05) is 20.2 Å². The SMILES string of the molecule is COC(=O)CCCC(=O)N1CC=C(c2c[nH]c3cc(F)ccc23)CC1. The predicted molar refractivity (Wildman–Crippen MR) is 93.3 cm³/mol. The molecule has 0 saturated carbocycles. The highest BCUT2D eigenvalue weighted by Gasteiger charge is 2.19. The molecule has 0 fully saturated rings. The molecule has 1 aromatic carbocycles. The van der Waals surface area contributed by atoms with Crippen molar-refractivity contribution in [2.24, 2.45) is 0 Å². The maximum Gasteiger partial charge on any atom is 0.305 e. The fourth-order valence-corrected chi connectivity index (χ4v) is 3.15. The van der Waals surface area contributed by atoms with Crippen molar-refractivity contribution in [1.29, 1.82) is 0 Å². The van der Waals surface area contributed by atoms with E-state index in [1.54, 1.807) is 11.0 Å². The van der Waals surface area contributed by atoms with Gasteiger partial charge in [0.2, 0.25) is 5.91 Å². The molecule has 1 aliphatic heterocycles. The van der Waals surface area contributed by atoms with Gasteiger partial charge in [-0.3, -0.25) is 9.59 Å². The highest BCUT2D eigenvalue weighted by Crippen LogP contribution is 2.29. The van der Waals surface area contributed by atoms with Crippen LogP contribution in [0.2, 0.25) is 0 Å². The number of aromatic nitrogens is 1. The first kappa shape index (κ1) is 17.2. The number of nitrogens with one attached hydrogen (secondary N) is 1. The van der Waals surface area contributed by atoms with E-state index in [0.29, 0.717) is 25.9 Å². The first-order valence-electron chi connectivity index (χ1n) is 8.39. The first-order valence-corrected chi connectivity index (χ1v) is 8.39. The monoisotopic (exact) mass is 344 g/mol. The average Bonchev–Trinajstić information content (AvgIpc) is 3.04. The van der Waals surface area contributed by atoms with Crippen LogP contribution in [0.25, 0.3) is 16.5 Å². The summed E-state index contributed by atoms with van der Waals surface area (Å²) >= 11 is 0. The lowest BCUT2D eigenvalue weighted by Gasteiger charge is -2.26. The molecule has 1 aliphatic rings. The van der Waals surface area contributed by atoms with E-state index >= 15 is 0 Å². The number of amides is 1. The van der Waals surface area contributed by atoms with Gasteiger partial charge in [-0.25, -0.2) is 4.39 Å². The number of fused-ring (bicyclic) bond motifs is 1. The van der Waals surface area contributed by atoms with E-state index in [2.05, 4.69) is 9.72 Å². The summed E-state index contributed by atoms with van der Waals surface area (Å²) in [5.41, 5.74) is 3.00. The third-order valence-electron chi connectivity index (χ3n) is 4.55. The normalized spacial score (nSPS) is 14.5. The molecule has 5 nitrogen and oxygen atoms in total. The van der Waals surface area contributed by atoms with Crippen molar-refractivity contribution >= 4 is 28.4 Å². The molecule has 132 valence electrons. The molecule has 6 heteroatoms. The maximum absolute atomic E-state index is 13.3. The number of ether oxygens (including phenoxy) is 1. The quantitative estimate of drug-likeness (QED) is 0.847. The number of benzene rings is 1. The Bertz CT molecular complexity index is 825. The molecule has 1 amide bonds. The fourth-order valence-electron chi connectivity index (χ4n) is 3.15. The zero-order valence-corrected chi connectivity index (χ0v) is 14.2. The van der Waals surface area contributed by atoms with Crippen LogP contribution in [0.5, 0.6) is 0 Å². The Labute approximate surface area is 145 Å². The second-order valence-electron chi connectivity index (χ2n) is 6.14. The molecule has 0 saturated heterocycles. The lowest BCUT2D eigenvalue weighted by molar-refractivity contribution is -0.140. The van der Waals surface area contributed by atoms with E-state index < -0.39 is 0 Å². The van der Waals surface area contributed by atoms with Crippen LogP contribution in [0.15, 0.2) is 30.5 Å². The number of halogens is 1. The Kier molecular flexibility index (Phi) is 5.16. The van der Waals surface area contributed by atoms with Crippen molar-refractivity contribution < 1.29 is 18.7 Å². The van der Waals surface area contributed by atoms with Crippen LogP contribution in [0.1, 0.15) is 31.2 Å². The molecule has 1 aromatic heterocycles. The van der Waals surface area contributed by atoms with Gasteiger partial charge in [0.25, 0.3) is 0 Å². The number of nitrogens with zero attached hydrogens (tertiary/aromatic N) is 1. The Morgan fingerprint density at radius 2 is 2.16 bits per heavy atom. The molecule has 0 aliphatic carbocycles. The minimum Gasteiger partial charge on any atom is -0.469 e. The van der Waals surface area contributed by atoms with E-state index in [-0.39, 0.29) is 24.1 Å². The summed E-state index contributed by atoms with van der Waals surface area (Å²) in [7, 11) is 1.35. The Morgan fingerprint density at radius 3 is 2.88 bits per heavy atom. The Balaban J connectivity index is 1.62. The number of rotatable bonds is 5. The molecule has 1 N–H and O–H groups in total. The van der Waals surface area contributed by atoms with Crippen molar-refractivity contribution in [3.05, 3.63) is 41.9 Å². The molecule has 2 aromatic rings. The third kappa shape index (κ3) is 3.90. The lowest BCUT2D eigenvalue weighted by atomic mass is 9.98. The summed E-state index contributed by atoms with van der Waals surface area (Å²) in [4.78, 5) is 28.2. The van der Waals surface area contributed by atoms with Crippen molar-refractivity contribution in [1.82, 2.24) is 9.88 Å². The third-order valence-corrected chi connectivity index (χ3v) is 4.55. The molecule has 0 spiro atoms. The molecule has 2 heterocycles. The molecular formula is C19H21FN2O3. The number of H-pyrrole nitrogens is 1. The van der Waals surface area contributed by atoms with Crippen molar-refractivity contribution in [3.63, 3.8) is 0 Å². The number of esters is 1. The van der Waals surface area contributed by atoms with Gasteiger partial charge >= 0.3 is 5.97 Å². The minimum absolute atomic E-state index is 0.0557. The van der Waals surface area contributed by atoms with E-state index in [4.69, 9.17) is 0 Å². The smallest absolute Gasteiger partial charge is 0.305 e. The summed E-state index contributed by atoms with van der Waals surface area (Å²) in [6.07, 6.45) is 5.82. The van der Waals surface area contributed by atoms with Gasteiger partial charge in [-0.15, -0.1) is 0 Å². The summed E-state index contributed by atoms with van der Waals surface area (Å²) in [5, 5.41) is 0.991. The molecule has 0 bridgehead atoms. The summed E-state index contributed by atoms with van der Waals surface area (Å²) < 4.78 is 17.9. The molecule has 25 heavy (non-hydrogen) atoms. The summed E-state index contributed by atoms with van der Waals surface area (Å²) in [6.45, 7) is 1.21. The van der Waals surface area contributed by atoms with E-state index in [1.165, 1.54) is 19.2 Å². The van der Waals surface area contributed by atoms with Crippen LogP contribution in [-0.2, 0) is 14.3 Å². The van der Waals surface area contributed by atoms with Crippen LogP contribution >= 0.6 is 0 Å². The molecule has 3 rings (SSSR count). The zero-order chi connectivity index (χ0) is 17.8. The van der Waals surface area contributed by atoms with Gasteiger partial charge in [-0.2, -0.15) is 0 Å². The Morgan fingerprint density at radius 1 is 1.32 bits per heavy atom. The number of hydrogen-bond donors (Lipinski definition) is 1. The number of hydrogen-bond acceptors (Lipinski definition) is 3. The first-order chi connectivity index (χ1) is 12.1. The van der Waals surface area contributed by atoms with Crippen LogP contribution in [0.3, 0.4) is 0 Å². The van der Waals surface area contributed by atoms with Crippen molar-refractivity contribution in [3.8, 4) is 0 Å². The van der Waals surface area contributed by atoms with Crippen LogP contribution in [-0.4, -0.2) is 42.0 Å². The number of aromatic amines is 1. The van der Waals surface area contributed by atoms with Crippen molar-refractivity contribution in [2.45, 2.75) is 25.7 Å². The van der Waals surface area contributed by atoms with E-state index in [1.807, 2.05) is 12.3 Å². The largest absolute Gasteiger partial charge is 0.469 e. The molecule has 0 atom stereocenters. The molecular weight excluding hydrogens is 323 g/mol. The van der Waals surface area contributed by atoms with Gasteiger partial charge in [0, 0.05) is 48.6 Å². The number of carbonyl (C=O) groups is 2. The van der Waals surface area contributed by atoms with Crippen LogP contribution in [0, 0.1) is 5.82 Å². The Hall–Kier alpha value is -2.63. The van der Waals surface area contributed by atoms with E-state index in [9.17, 15) is 14.0 Å². The average molecular weight is 344 g/mol. The second kappa shape index (κ2) is 7.51. The predicted octanol–water partition coefficient (Wildman–Crippen LogP) is 3.27. The zero-order valence-electron chi connectivity index (χ0n) is 14.2. The van der Waals surface area contributed by atoms with Crippen LogP contribution in [0.4, 0.5) is 4.39 Å². The molecule has 0 unspecified atom stereocenters. The van der Waals surface area contributed by atoms with Gasteiger partial charge in [-0.1, -0.05) is 6.08 Å². The van der Waals surface area contributed by atoms with Gasteiger partial charge in [0.15, 0.2) is 0 Å². The second-order valence-corrected chi connectivity index (χ2v) is 6.14. The van der Waals surface area contributed by atoms with Gasteiger partial charge in [0.1, 0.15) is 5.82 Å². The standard InChI is InChI=1S/C19H21FN2O3/c1-25-19(24)4-2-3-18(23)22-9-7-13(8-10-22)16-12-21-17-11-14(20)5-6-15(16)17/h5-7,11-12,21H,2-4,8-10H2,1H3. The summed E-state index contributed by atoms with van der Waals surface area (Å²) in [6, 6.07) is 4.72. The number of methoxy groups -OCH3 is 1. The molecule has 0 radical (unpaired) electrons. The van der Waals surface area contributed by atoms with E-state index in [0.717, 1.165) is 28.5 Å². The highest BCUT2D eigenvalue weighted by atomic mass is 19.1.